The molecule has 0 unspecified atom stereocenters. The molecule has 5 heteroatoms. The third-order valence-corrected chi connectivity index (χ3v) is 3.80. The van der Waals surface area contributed by atoms with E-state index in [9.17, 15) is 14.9 Å². The van der Waals surface area contributed by atoms with Crippen LogP contribution < -0.4 is 0 Å². The SMILES string of the molecule is CCN(CC)/C(=C\C(=O)c1ccc([N+](=O)[O-])cc1)c1ccccc1. The van der Waals surface area contributed by atoms with Crippen LogP contribution in [-0.4, -0.2) is 28.7 Å². The summed E-state index contributed by atoms with van der Waals surface area (Å²) in [5.41, 5.74) is 2.23. The Labute approximate surface area is 141 Å². The molecule has 0 saturated carbocycles. The van der Waals surface area contributed by atoms with Crippen LogP contribution in [-0.2, 0) is 0 Å². The summed E-state index contributed by atoms with van der Waals surface area (Å²) in [7, 11) is 0. The number of carbonyl (C=O) groups excluding carboxylic acids is 1. The molecule has 0 spiro atoms. The molecule has 0 amide bonds. The number of nitro benzene ring substituents is 1. The minimum atomic E-state index is -0.477. The average molecular weight is 324 g/mol. The van der Waals surface area contributed by atoms with Crippen LogP contribution in [0.4, 0.5) is 5.69 Å². The van der Waals surface area contributed by atoms with E-state index in [1.54, 1.807) is 6.08 Å². The largest absolute Gasteiger partial charge is 0.371 e. The minimum absolute atomic E-state index is 0.0254. The third-order valence-electron chi connectivity index (χ3n) is 3.80. The van der Waals surface area contributed by atoms with Crippen molar-refractivity contribution in [2.45, 2.75) is 13.8 Å². The smallest absolute Gasteiger partial charge is 0.269 e. The van der Waals surface area contributed by atoms with E-state index in [0.29, 0.717) is 5.56 Å². The molecule has 2 aromatic rings. The maximum atomic E-state index is 12.6. The third kappa shape index (κ3) is 4.07. The lowest BCUT2D eigenvalue weighted by Crippen LogP contribution is -2.22. The van der Waals surface area contributed by atoms with Gasteiger partial charge < -0.3 is 4.90 Å². The summed E-state index contributed by atoms with van der Waals surface area (Å²) in [6.45, 7) is 5.64. The first-order valence-electron chi connectivity index (χ1n) is 7.87. The highest BCUT2D eigenvalue weighted by Crippen LogP contribution is 2.20. The lowest BCUT2D eigenvalue weighted by atomic mass is 10.1. The van der Waals surface area contributed by atoms with Crippen LogP contribution in [0.3, 0.4) is 0 Å². The zero-order chi connectivity index (χ0) is 17.5. The van der Waals surface area contributed by atoms with Gasteiger partial charge in [-0.15, -0.1) is 0 Å². The lowest BCUT2D eigenvalue weighted by molar-refractivity contribution is -0.384. The summed E-state index contributed by atoms with van der Waals surface area (Å²) in [5, 5.41) is 10.7. The van der Waals surface area contributed by atoms with Gasteiger partial charge in [-0.05, 0) is 31.5 Å². The highest BCUT2D eigenvalue weighted by atomic mass is 16.6. The molecule has 2 aromatic carbocycles. The van der Waals surface area contributed by atoms with Crippen molar-refractivity contribution in [3.63, 3.8) is 0 Å². The number of hydrogen-bond donors (Lipinski definition) is 0. The second-order valence-electron chi connectivity index (χ2n) is 5.24. The number of nitro groups is 1. The summed E-state index contributed by atoms with van der Waals surface area (Å²) >= 11 is 0. The number of carbonyl (C=O) groups is 1. The molecule has 0 aliphatic heterocycles. The molecule has 0 N–H and O–H groups in total. The van der Waals surface area contributed by atoms with Gasteiger partial charge >= 0.3 is 0 Å². The van der Waals surface area contributed by atoms with Crippen molar-refractivity contribution in [3.8, 4) is 0 Å². The van der Waals surface area contributed by atoms with Crippen LogP contribution >= 0.6 is 0 Å². The van der Waals surface area contributed by atoms with Gasteiger partial charge in [-0.1, -0.05) is 30.3 Å². The Balaban J connectivity index is 2.38. The van der Waals surface area contributed by atoms with Crippen LogP contribution in [0.25, 0.3) is 5.70 Å². The van der Waals surface area contributed by atoms with Gasteiger partial charge in [0.1, 0.15) is 0 Å². The van der Waals surface area contributed by atoms with E-state index in [2.05, 4.69) is 4.90 Å². The van der Waals surface area contributed by atoms with Crippen LogP contribution in [0.5, 0.6) is 0 Å². The van der Waals surface area contributed by atoms with Crippen molar-refractivity contribution in [3.05, 3.63) is 81.9 Å². The number of ketones is 1. The monoisotopic (exact) mass is 324 g/mol. The summed E-state index contributed by atoms with van der Waals surface area (Å²) in [4.78, 5) is 24.9. The molecule has 0 saturated heterocycles. The first kappa shape index (κ1) is 17.4. The van der Waals surface area contributed by atoms with Crippen molar-refractivity contribution in [2.75, 3.05) is 13.1 Å². The molecule has 24 heavy (non-hydrogen) atoms. The average Bonchev–Trinajstić information content (AvgIpc) is 2.62. The number of hydrogen-bond acceptors (Lipinski definition) is 4. The minimum Gasteiger partial charge on any atom is -0.371 e. The van der Waals surface area contributed by atoms with E-state index >= 15 is 0 Å². The van der Waals surface area contributed by atoms with Gasteiger partial charge in [0, 0.05) is 42.6 Å². The number of nitrogens with zero attached hydrogens (tertiary/aromatic N) is 2. The molecule has 0 fully saturated rings. The van der Waals surface area contributed by atoms with Gasteiger partial charge in [0.2, 0.25) is 0 Å². The standard InChI is InChI=1S/C19H20N2O3/c1-3-20(4-2)18(15-8-6-5-7-9-15)14-19(22)16-10-12-17(13-11-16)21(23)24/h5-14H,3-4H2,1-2H3/b18-14-. The molecule has 0 radical (unpaired) electrons. The van der Waals surface area contributed by atoms with Crippen LogP contribution in [0, 0.1) is 10.1 Å². The Morgan fingerprint density at radius 2 is 1.58 bits per heavy atom. The highest BCUT2D eigenvalue weighted by Gasteiger charge is 2.13. The zero-order valence-electron chi connectivity index (χ0n) is 13.8. The normalized spacial score (nSPS) is 11.2. The first-order chi connectivity index (χ1) is 11.6. The van der Waals surface area contributed by atoms with Crippen LogP contribution in [0.15, 0.2) is 60.7 Å². The van der Waals surface area contributed by atoms with E-state index in [1.165, 1.54) is 24.3 Å². The number of allylic oxidation sites excluding steroid dienone is 1. The van der Waals surface area contributed by atoms with E-state index in [1.807, 2.05) is 44.2 Å². The maximum absolute atomic E-state index is 12.6. The summed E-state index contributed by atoms with van der Waals surface area (Å²) < 4.78 is 0. The molecular weight excluding hydrogens is 304 g/mol. The van der Waals surface area contributed by atoms with Crippen LogP contribution in [0.2, 0.25) is 0 Å². The Kier molecular flexibility index (Phi) is 5.84. The van der Waals surface area contributed by atoms with E-state index in [-0.39, 0.29) is 11.5 Å². The molecule has 0 aliphatic rings. The predicted octanol–water partition coefficient (Wildman–Crippen LogP) is 4.16. The highest BCUT2D eigenvalue weighted by molar-refractivity contribution is 6.08. The Morgan fingerprint density at radius 3 is 2.08 bits per heavy atom. The van der Waals surface area contributed by atoms with Crippen molar-refractivity contribution >= 4 is 17.2 Å². The van der Waals surface area contributed by atoms with Gasteiger partial charge in [0.15, 0.2) is 5.78 Å². The maximum Gasteiger partial charge on any atom is 0.269 e. The summed E-state index contributed by atoms with van der Waals surface area (Å²) in [5.74, 6) is -0.171. The Morgan fingerprint density at radius 1 is 1.00 bits per heavy atom. The predicted molar refractivity (Wildman–Crippen MR) is 94.8 cm³/mol. The van der Waals surface area contributed by atoms with Crippen molar-refractivity contribution in [2.24, 2.45) is 0 Å². The van der Waals surface area contributed by atoms with Gasteiger partial charge in [-0.25, -0.2) is 0 Å². The molecule has 0 heterocycles. The topological polar surface area (TPSA) is 63.5 Å². The molecule has 5 nitrogen and oxygen atoms in total. The quantitative estimate of drug-likeness (QED) is 0.332. The van der Waals surface area contributed by atoms with Gasteiger partial charge in [-0.2, -0.15) is 0 Å². The molecule has 0 aromatic heterocycles. The summed E-state index contributed by atoms with van der Waals surface area (Å²) in [6, 6.07) is 15.4. The van der Waals surface area contributed by atoms with Gasteiger partial charge in [-0.3, -0.25) is 14.9 Å². The Hall–Kier alpha value is -2.95. The molecular formula is C19H20N2O3. The van der Waals surface area contributed by atoms with Crippen molar-refractivity contribution in [1.29, 1.82) is 0 Å². The van der Waals surface area contributed by atoms with Crippen molar-refractivity contribution in [1.82, 2.24) is 4.90 Å². The second-order valence-corrected chi connectivity index (χ2v) is 5.24. The molecule has 2 rings (SSSR count). The van der Waals surface area contributed by atoms with Gasteiger partial charge in [0.25, 0.3) is 5.69 Å². The fraction of sp³-hybridized carbons (Fsp3) is 0.211. The molecule has 0 atom stereocenters. The fourth-order valence-corrected chi connectivity index (χ4v) is 2.49. The number of rotatable bonds is 7. The first-order valence-corrected chi connectivity index (χ1v) is 7.87. The second kappa shape index (κ2) is 8.06. The van der Waals surface area contributed by atoms with Crippen LogP contribution in [0.1, 0.15) is 29.8 Å². The van der Waals surface area contributed by atoms with E-state index < -0.39 is 4.92 Å². The van der Waals surface area contributed by atoms with Gasteiger partial charge in [0.05, 0.1) is 4.92 Å². The lowest BCUT2D eigenvalue weighted by Gasteiger charge is -2.24. The number of non-ortho nitro benzene ring substituents is 1. The fourth-order valence-electron chi connectivity index (χ4n) is 2.49. The molecule has 124 valence electrons. The summed E-state index contributed by atoms with van der Waals surface area (Å²) in [6.07, 6.45) is 1.60. The number of benzene rings is 2. The van der Waals surface area contributed by atoms with E-state index in [0.717, 1.165) is 24.4 Å². The van der Waals surface area contributed by atoms with Crippen molar-refractivity contribution < 1.29 is 9.72 Å². The zero-order valence-corrected chi connectivity index (χ0v) is 13.8. The molecule has 0 bridgehead atoms. The van der Waals surface area contributed by atoms with E-state index in [4.69, 9.17) is 0 Å². The molecule has 0 aliphatic carbocycles. The Bertz CT molecular complexity index is 733.